The van der Waals surface area contributed by atoms with Crippen molar-refractivity contribution in [3.8, 4) is 11.8 Å². The van der Waals surface area contributed by atoms with E-state index in [-0.39, 0.29) is 16.9 Å². The molecular formula is C15H20N4O2. The summed E-state index contributed by atoms with van der Waals surface area (Å²) in [5, 5.41) is 21.4. The number of nitrogen functional groups attached to an aromatic ring is 1. The number of anilines is 1. The Morgan fingerprint density at radius 3 is 2.14 bits per heavy atom. The van der Waals surface area contributed by atoms with Crippen molar-refractivity contribution in [2.24, 2.45) is 0 Å². The summed E-state index contributed by atoms with van der Waals surface area (Å²) < 4.78 is 1.38. The Labute approximate surface area is 124 Å². The average molecular weight is 288 g/mol. The molecule has 0 aliphatic rings. The zero-order valence-corrected chi connectivity index (χ0v) is 12.7. The highest BCUT2D eigenvalue weighted by molar-refractivity contribution is 5.87. The molecule has 0 saturated carbocycles. The predicted molar refractivity (Wildman–Crippen MR) is 82.3 cm³/mol. The Bertz CT molecular complexity index is 610. The van der Waals surface area contributed by atoms with Crippen molar-refractivity contribution < 1.29 is 9.90 Å². The molecule has 0 unspecified atom stereocenters. The van der Waals surface area contributed by atoms with Crippen LogP contribution in [0.4, 0.5) is 5.82 Å². The molecule has 1 heterocycles. The second-order valence-electron chi connectivity index (χ2n) is 3.32. The van der Waals surface area contributed by atoms with Crippen LogP contribution in [0.5, 0.6) is 0 Å². The Kier molecular flexibility index (Phi) is 7.93. The zero-order chi connectivity index (χ0) is 16.4. The topological polar surface area (TPSA) is 105 Å². The van der Waals surface area contributed by atoms with E-state index in [0.717, 1.165) is 0 Å². The molecule has 0 bridgehead atoms. The molecule has 0 aliphatic heterocycles. The first-order valence-electron chi connectivity index (χ1n) is 6.71. The lowest BCUT2D eigenvalue weighted by molar-refractivity contribution is 0.0697. The van der Waals surface area contributed by atoms with Gasteiger partial charge in [-0.15, -0.1) is 0 Å². The van der Waals surface area contributed by atoms with Crippen LogP contribution in [0.2, 0.25) is 0 Å². The molecule has 1 aromatic heterocycles. The van der Waals surface area contributed by atoms with Crippen LogP contribution < -0.4 is 5.73 Å². The molecule has 0 radical (unpaired) electrons. The van der Waals surface area contributed by atoms with Crippen molar-refractivity contribution in [2.75, 3.05) is 5.73 Å². The number of nitrogens with zero attached hydrogens (tertiary/aromatic N) is 3. The van der Waals surface area contributed by atoms with Crippen molar-refractivity contribution >= 4 is 11.8 Å². The summed E-state index contributed by atoms with van der Waals surface area (Å²) in [6.45, 7) is 8.00. The maximum atomic E-state index is 10.7. The molecule has 21 heavy (non-hydrogen) atoms. The predicted octanol–water partition coefficient (Wildman–Crippen LogP) is 3.08. The lowest BCUT2D eigenvalue weighted by Crippen LogP contribution is -2.03. The van der Waals surface area contributed by atoms with E-state index in [1.807, 2.05) is 33.8 Å². The number of aromatic nitrogens is 2. The van der Waals surface area contributed by atoms with Gasteiger partial charge in [0.2, 0.25) is 0 Å². The fourth-order valence-corrected chi connectivity index (χ4v) is 1.40. The summed E-state index contributed by atoms with van der Waals surface area (Å²) in [5.41, 5.74) is 6.78. The quantitative estimate of drug-likeness (QED) is 0.883. The summed E-state index contributed by atoms with van der Waals surface area (Å²) in [6.07, 6.45) is 1.36. The number of carboxylic acid groups (broad SMARTS) is 1. The summed E-state index contributed by atoms with van der Waals surface area (Å²) in [4.78, 5) is 10.7. The van der Waals surface area contributed by atoms with E-state index in [9.17, 15) is 4.79 Å². The molecule has 1 aromatic carbocycles. The van der Waals surface area contributed by atoms with Gasteiger partial charge in [0.15, 0.2) is 0 Å². The minimum absolute atomic E-state index is 0.181. The van der Waals surface area contributed by atoms with Crippen LogP contribution in [0.25, 0.3) is 5.69 Å². The normalized spacial score (nSPS) is 8.52. The Morgan fingerprint density at radius 2 is 1.76 bits per heavy atom. The van der Waals surface area contributed by atoms with Gasteiger partial charge in [-0.25, -0.2) is 9.48 Å². The van der Waals surface area contributed by atoms with E-state index in [1.54, 1.807) is 12.1 Å². The highest BCUT2D eigenvalue weighted by Crippen LogP contribution is 2.16. The second-order valence-corrected chi connectivity index (χ2v) is 3.32. The summed E-state index contributed by atoms with van der Waals surface area (Å²) in [5.74, 6) is -0.765. The van der Waals surface area contributed by atoms with Gasteiger partial charge in [-0.3, -0.25) is 0 Å². The molecule has 0 saturated heterocycles. The van der Waals surface area contributed by atoms with Crippen LogP contribution in [0.3, 0.4) is 0 Å². The van der Waals surface area contributed by atoms with E-state index >= 15 is 0 Å². The van der Waals surface area contributed by atoms with Crippen LogP contribution in [0.15, 0.2) is 30.5 Å². The second kappa shape index (κ2) is 9.15. The average Bonchev–Trinajstić information content (AvgIpc) is 2.92. The number of aromatic carboxylic acids is 1. The summed E-state index contributed by atoms with van der Waals surface area (Å²) >= 11 is 0. The smallest absolute Gasteiger partial charge is 0.335 e. The molecule has 0 aliphatic carbocycles. The molecule has 0 atom stereocenters. The lowest BCUT2D eigenvalue weighted by Gasteiger charge is -2.04. The van der Waals surface area contributed by atoms with Crippen LogP contribution in [-0.4, -0.2) is 20.9 Å². The van der Waals surface area contributed by atoms with Gasteiger partial charge in [0.05, 0.1) is 17.4 Å². The third-order valence-electron chi connectivity index (χ3n) is 2.29. The van der Waals surface area contributed by atoms with Crippen molar-refractivity contribution in [2.45, 2.75) is 27.7 Å². The fourth-order valence-electron chi connectivity index (χ4n) is 1.40. The molecule has 0 amide bonds. The maximum absolute atomic E-state index is 10.7. The van der Waals surface area contributed by atoms with Crippen LogP contribution in [0, 0.1) is 11.3 Å². The molecule has 2 aromatic rings. The number of nitriles is 1. The summed E-state index contributed by atoms with van der Waals surface area (Å²) in [6, 6.07) is 7.97. The van der Waals surface area contributed by atoms with Crippen molar-refractivity contribution in [1.29, 1.82) is 5.26 Å². The van der Waals surface area contributed by atoms with Crippen LogP contribution in [-0.2, 0) is 0 Å². The van der Waals surface area contributed by atoms with Crippen LogP contribution >= 0.6 is 0 Å². The fraction of sp³-hybridized carbons (Fsp3) is 0.267. The highest BCUT2D eigenvalue weighted by atomic mass is 16.4. The first-order chi connectivity index (χ1) is 10.1. The first kappa shape index (κ1) is 18.2. The Morgan fingerprint density at radius 1 is 1.24 bits per heavy atom. The number of carboxylic acids is 1. The van der Waals surface area contributed by atoms with Gasteiger partial charge in [-0.2, -0.15) is 10.4 Å². The molecule has 3 N–H and O–H groups in total. The van der Waals surface area contributed by atoms with E-state index in [1.165, 1.54) is 23.0 Å². The van der Waals surface area contributed by atoms with Crippen molar-refractivity contribution in [3.05, 3.63) is 41.6 Å². The van der Waals surface area contributed by atoms with Gasteiger partial charge in [0.25, 0.3) is 0 Å². The van der Waals surface area contributed by atoms with E-state index < -0.39 is 5.97 Å². The minimum atomic E-state index is -0.997. The molecule has 0 fully saturated rings. The largest absolute Gasteiger partial charge is 0.478 e. The number of carbonyl (C=O) groups is 1. The number of nitrogens with two attached hydrogens (primary N) is 1. The van der Waals surface area contributed by atoms with E-state index in [4.69, 9.17) is 16.1 Å². The third-order valence-corrected chi connectivity index (χ3v) is 2.29. The first-order valence-corrected chi connectivity index (χ1v) is 6.71. The molecular weight excluding hydrogens is 268 g/mol. The van der Waals surface area contributed by atoms with Crippen molar-refractivity contribution in [3.63, 3.8) is 0 Å². The van der Waals surface area contributed by atoms with E-state index in [2.05, 4.69) is 5.10 Å². The van der Waals surface area contributed by atoms with Gasteiger partial charge in [0, 0.05) is 0 Å². The number of hydrogen-bond acceptors (Lipinski definition) is 4. The number of rotatable bonds is 2. The standard InChI is InChI=1S/C11H8N4O2.2C2H6/c12-5-8-6-14-15(10(8)13)9-3-1-7(2-4-9)11(16)17;2*1-2/h1-4,6H,13H2,(H,16,17);2*1-2H3. The van der Waals surface area contributed by atoms with Crippen LogP contribution in [0.1, 0.15) is 43.6 Å². The minimum Gasteiger partial charge on any atom is -0.478 e. The third kappa shape index (κ3) is 4.35. The van der Waals surface area contributed by atoms with Gasteiger partial charge in [-0.05, 0) is 24.3 Å². The SMILES string of the molecule is CC.CC.N#Cc1cnn(-c2ccc(C(=O)O)cc2)c1N. The zero-order valence-electron chi connectivity index (χ0n) is 12.7. The number of benzene rings is 1. The van der Waals surface area contributed by atoms with Crippen molar-refractivity contribution in [1.82, 2.24) is 9.78 Å². The Balaban J connectivity index is 0.000000921. The molecule has 6 nitrogen and oxygen atoms in total. The monoisotopic (exact) mass is 288 g/mol. The number of hydrogen-bond donors (Lipinski definition) is 2. The van der Waals surface area contributed by atoms with Gasteiger partial charge >= 0.3 is 5.97 Å². The van der Waals surface area contributed by atoms with E-state index in [0.29, 0.717) is 5.69 Å². The van der Waals surface area contributed by atoms with Gasteiger partial charge in [0.1, 0.15) is 17.5 Å². The lowest BCUT2D eigenvalue weighted by atomic mass is 10.2. The molecule has 0 spiro atoms. The highest BCUT2D eigenvalue weighted by Gasteiger charge is 2.09. The Hall–Kier alpha value is -2.81. The van der Waals surface area contributed by atoms with Gasteiger partial charge in [-0.1, -0.05) is 27.7 Å². The molecule has 6 heteroatoms. The maximum Gasteiger partial charge on any atom is 0.335 e. The molecule has 2 rings (SSSR count). The summed E-state index contributed by atoms with van der Waals surface area (Å²) in [7, 11) is 0. The molecule has 112 valence electrons. The van der Waals surface area contributed by atoms with Gasteiger partial charge < -0.3 is 10.8 Å².